The maximum atomic E-state index is 13.5. The first-order valence-electron chi connectivity index (χ1n) is 5.07. The summed E-state index contributed by atoms with van der Waals surface area (Å²) in [6, 6.07) is 3.88. The molecule has 2 N–H and O–H groups in total. The fraction of sp³-hybridized carbons (Fsp3) is 0.400. The minimum atomic E-state index is -3.83. The summed E-state index contributed by atoms with van der Waals surface area (Å²) in [5.41, 5.74) is 0. The van der Waals surface area contributed by atoms with Crippen LogP contribution in [-0.4, -0.2) is 28.6 Å². The van der Waals surface area contributed by atoms with E-state index >= 15 is 0 Å². The van der Waals surface area contributed by atoms with Crippen LogP contribution >= 0.6 is 24.0 Å². The fourth-order valence-corrected chi connectivity index (χ4v) is 2.64. The van der Waals surface area contributed by atoms with Crippen LogP contribution in [0, 0.1) is 5.82 Å². The monoisotopic (exact) mass is 316 g/mol. The smallest absolute Gasteiger partial charge is 0.243 e. The van der Waals surface area contributed by atoms with E-state index < -0.39 is 20.7 Å². The number of nitrogens with one attached hydrogen (secondary N) is 2. The van der Waals surface area contributed by atoms with Crippen LogP contribution < -0.4 is 10.0 Å². The van der Waals surface area contributed by atoms with Gasteiger partial charge in [-0.3, -0.25) is 0 Å². The lowest BCUT2D eigenvalue weighted by Gasteiger charge is -2.08. The Balaban J connectivity index is 0.00000289. The maximum Gasteiger partial charge on any atom is 0.243 e. The first-order chi connectivity index (χ1) is 7.99. The predicted molar refractivity (Wildman–Crippen MR) is 72.4 cm³/mol. The largest absolute Gasteiger partial charge is 0.320 e. The topological polar surface area (TPSA) is 58.2 Å². The van der Waals surface area contributed by atoms with Crippen molar-refractivity contribution in [1.29, 1.82) is 0 Å². The van der Waals surface area contributed by atoms with E-state index in [0.29, 0.717) is 13.0 Å². The Bertz CT molecular complexity index is 483. The highest BCUT2D eigenvalue weighted by molar-refractivity contribution is 7.89. The van der Waals surface area contributed by atoms with E-state index in [1.165, 1.54) is 18.2 Å². The minimum Gasteiger partial charge on any atom is -0.320 e. The third kappa shape index (κ3) is 4.70. The molecule has 0 heterocycles. The van der Waals surface area contributed by atoms with E-state index in [1.807, 2.05) is 0 Å². The predicted octanol–water partition coefficient (Wildman–Crippen LogP) is 1.79. The van der Waals surface area contributed by atoms with Crippen molar-refractivity contribution >= 4 is 34.0 Å². The molecule has 0 amide bonds. The molecule has 8 heteroatoms. The molecule has 0 fully saturated rings. The van der Waals surface area contributed by atoms with E-state index in [1.54, 1.807) is 7.05 Å². The zero-order valence-corrected chi connectivity index (χ0v) is 12.1. The Labute approximate surface area is 117 Å². The number of sulfonamides is 1. The summed E-state index contributed by atoms with van der Waals surface area (Å²) in [5.74, 6) is -0.921. The van der Waals surface area contributed by atoms with Crippen molar-refractivity contribution in [2.45, 2.75) is 11.3 Å². The van der Waals surface area contributed by atoms with Crippen molar-refractivity contribution in [3.63, 3.8) is 0 Å². The summed E-state index contributed by atoms with van der Waals surface area (Å²) in [7, 11) is -2.06. The zero-order valence-electron chi connectivity index (χ0n) is 9.74. The van der Waals surface area contributed by atoms with Crippen molar-refractivity contribution in [2.24, 2.45) is 0 Å². The van der Waals surface area contributed by atoms with E-state index in [4.69, 9.17) is 11.6 Å². The second kappa shape index (κ2) is 7.91. The SMILES string of the molecule is CNCCCNS(=O)(=O)c1cccc(Cl)c1F.Cl. The Morgan fingerprint density at radius 3 is 2.61 bits per heavy atom. The quantitative estimate of drug-likeness (QED) is 0.787. The Kier molecular flexibility index (Phi) is 7.73. The van der Waals surface area contributed by atoms with Gasteiger partial charge in [0.1, 0.15) is 4.90 Å². The van der Waals surface area contributed by atoms with Crippen LogP contribution in [0.5, 0.6) is 0 Å². The van der Waals surface area contributed by atoms with Gasteiger partial charge in [-0.25, -0.2) is 17.5 Å². The number of hydrogen-bond acceptors (Lipinski definition) is 3. The van der Waals surface area contributed by atoms with Gasteiger partial charge in [0.25, 0.3) is 0 Å². The van der Waals surface area contributed by atoms with Gasteiger partial charge >= 0.3 is 0 Å². The van der Waals surface area contributed by atoms with E-state index in [0.717, 1.165) is 0 Å². The molecule has 1 aromatic carbocycles. The molecule has 0 saturated heterocycles. The second-order valence-electron chi connectivity index (χ2n) is 3.41. The summed E-state index contributed by atoms with van der Waals surface area (Å²) in [6.07, 6.45) is 0.623. The molecule has 0 bridgehead atoms. The fourth-order valence-electron chi connectivity index (χ4n) is 1.24. The van der Waals surface area contributed by atoms with Crippen molar-refractivity contribution in [1.82, 2.24) is 10.0 Å². The number of rotatable bonds is 6. The van der Waals surface area contributed by atoms with Crippen LogP contribution in [0.2, 0.25) is 5.02 Å². The van der Waals surface area contributed by atoms with Gasteiger partial charge in [-0.15, -0.1) is 12.4 Å². The van der Waals surface area contributed by atoms with Crippen LogP contribution in [0.4, 0.5) is 4.39 Å². The van der Waals surface area contributed by atoms with Gasteiger partial charge in [-0.05, 0) is 32.1 Å². The molecule has 0 atom stereocenters. The lowest BCUT2D eigenvalue weighted by Crippen LogP contribution is -2.27. The molecular weight excluding hydrogens is 302 g/mol. The minimum absolute atomic E-state index is 0. The first-order valence-corrected chi connectivity index (χ1v) is 6.93. The summed E-state index contributed by atoms with van der Waals surface area (Å²) in [5, 5.41) is 2.68. The molecular formula is C10H15Cl2FN2O2S. The molecule has 0 spiro atoms. The van der Waals surface area contributed by atoms with E-state index in [-0.39, 0.29) is 24.0 Å². The molecule has 1 aromatic rings. The highest BCUT2D eigenvalue weighted by atomic mass is 35.5. The maximum absolute atomic E-state index is 13.5. The average Bonchev–Trinajstić information content (AvgIpc) is 2.28. The summed E-state index contributed by atoms with van der Waals surface area (Å²) in [4.78, 5) is -0.422. The molecule has 0 unspecified atom stereocenters. The molecule has 1 rings (SSSR count). The Morgan fingerprint density at radius 1 is 1.33 bits per heavy atom. The lowest BCUT2D eigenvalue weighted by atomic mass is 10.3. The normalized spacial score (nSPS) is 11.1. The highest BCUT2D eigenvalue weighted by Crippen LogP contribution is 2.21. The molecule has 0 aliphatic carbocycles. The van der Waals surface area contributed by atoms with Crippen molar-refractivity contribution < 1.29 is 12.8 Å². The average molecular weight is 317 g/mol. The van der Waals surface area contributed by atoms with Gasteiger partial charge in [0.15, 0.2) is 5.82 Å². The van der Waals surface area contributed by atoms with Crippen molar-refractivity contribution in [2.75, 3.05) is 20.1 Å². The van der Waals surface area contributed by atoms with Gasteiger partial charge < -0.3 is 5.32 Å². The van der Waals surface area contributed by atoms with Gasteiger partial charge in [-0.2, -0.15) is 0 Å². The number of halogens is 3. The van der Waals surface area contributed by atoms with E-state index in [9.17, 15) is 12.8 Å². The van der Waals surface area contributed by atoms with Crippen LogP contribution in [0.25, 0.3) is 0 Å². The zero-order chi connectivity index (χ0) is 12.9. The lowest BCUT2D eigenvalue weighted by molar-refractivity contribution is 0.554. The molecule has 0 saturated carbocycles. The number of benzene rings is 1. The van der Waals surface area contributed by atoms with Gasteiger partial charge in [0.2, 0.25) is 10.0 Å². The molecule has 104 valence electrons. The van der Waals surface area contributed by atoms with Crippen LogP contribution in [-0.2, 0) is 10.0 Å². The molecule has 4 nitrogen and oxygen atoms in total. The highest BCUT2D eigenvalue weighted by Gasteiger charge is 2.19. The first kappa shape index (κ1) is 17.6. The van der Waals surface area contributed by atoms with Gasteiger partial charge in [-0.1, -0.05) is 17.7 Å². The number of hydrogen-bond donors (Lipinski definition) is 2. The van der Waals surface area contributed by atoms with E-state index in [2.05, 4.69) is 10.0 Å². The van der Waals surface area contributed by atoms with Gasteiger partial charge in [0.05, 0.1) is 5.02 Å². The molecule has 0 radical (unpaired) electrons. The van der Waals surface area contributed by atoms with Crippen LogP contribution in [0.1, 0.15) is 6.42 Å². The summed E-state index contributed by atoms with van der Waals surface area (Å²) < 4.78 is 39.3. The Morgan fingerprint density at radius 2 is 2.00 bits per heavy atom. The Hall–Kier alpha value is -0.400. The molecule has 0 aliphatic heterocycles. The molecule has 18 heavy (non-hydrogen) atoms. The summed E-state index contributed by atoms with van der Waals surface area (Å²) in [6.45, 7) is 0.926. The third-order valence-corrected chi connectivity index (χ3v) is 3.87. The molecule has 0 aromatic heterocycles. The standard InChI is InChI=1S/C10H14ClFN2O2S.ClH/c1-13-6-3-7-14-17(15,16)9-5-2-4-8(11)10(9)12;/h2,4-5,13-14H,3,6-7H2,1H3;1H. The van der Waals surface area contributed by atoms with Gasteiger partial charge in [0, 0.05) is 6.54 Å². The van der Waals surface area contributed by atoms with Crippen LogP contribution in [0.3, 0.4) is 0 Å². The summed E-state index contributed by atoms with van der Waals surface area (Å²) >= 11 is 5.53. The second-order valence-corrected chi connectivity index (χ2v) is 5.55. The molecule has 0 aliphatic rings. The van der Waals surface area contributed by atoms with Crippen LogP contribution in [0.15, 0.2) is 23.1 Å². The van der Waals surface area contributed by atoms with Crippen molar-refractivity contribution in [3.05, 3.63) is 29.0 Å². The van der Waals surface area contributed by atoms with Crippen molar-refractivity contribution in [3.8, 4) is 0 Å². The third-order valence-electron chi connectivity index (χ3n) is 2.10.